The van der Waals surface area contributed by atoms with Crippen LogP contribution < -0.4 is 4.74 Å². The predicted molar refractivity (Wildman–Crippen MR) is 110 cm³/mol. The number of nitrogens with zero attached hydrogens (tertiary/aromatic N) is 3. The van der Waals surface area contributed by atoms with Crippen molar-refractivity contribution in [3.63, 3.8) is 0 Å². The fraction of sp³-hybridized carbons (Fsp3) is 0.182. The lowest BCUT2D eigenvalue weighted by Gasteiger charge is -2.35. The van der Waals surface area contributed by atoms with E-state index in [0.717, 1.165) is 6.21 Å². The smallest absolute Gasteiger partial charge is 0.255 e. The summed E-state index contributed by atoms with van der Waals surface area (Å²) < 4.78 is 19.8. The minimum absolute atomic E-state index is 0.116. The van der Waals surface area contributed by atoms with Crippen molar-refractivity contribution in [2.24, 2.45) is 5.92 Å². The standard InChI is InChI=1S/C22H18FN5O2/c1-13-17(22(29)28-11-14(8-25)12-28)10-27-20(13)19(5-6-24)30-16-7-15-3-2-4-18(23)21(15)26-9-16/h2-7,9-10,14,24,27H,11-12H2,1H3/b19-5+,24-6?. The molecule has 2 N–H and O–H groups in total. The van der Waals surface area contributed by atoms with E-state index in [0.29, 0.717) is 46.8 Å². The van der Waals surface area contributed by atoms with Gasteiger partial charge in [-0.1, -0.05) is 12.1 Å². The Kier molecular flexibility index (Phi) is 5.02. The Balaban J connectivity index is 1.61. The Bertz CT molecular complexity index is 1220. The van der Waals surface area contributed by atoms with E-state index in [-0.39, 0.29) is 17.3 Å². The highest BCUT2D eigenvalue weighted by molar-refractivity contribution is 5.97. The fourth-order valence-corrected chi connectivity index (χ4v) is 3.40. The van der Waals surface area contributed by atoms with Gasteiger partial charge in [0.15, 0.2) is 5.76 Å². The number of likely N-dealkylation sites (tertiary alicyclic amines) is 1. The molecule has 1 aliphatic heterocycles. The number of halogens is 1. The van der Waals surface area contributed by atoms with Gasteiger partial charge in [0, 0.05) is 37.0 Å². The lowest BCUT2D eigenvalue weighted by Crippen LogP contribution is -2.49. The lowest BCUT2D eigenvalue weighted by molar-refractivity contribution is 0.0577. The maximum Gasteiger partial charge on any atom is 0.255 e. The molecule has 0 unspecified atom stereocenters. The van der Waals surface area contributed by atoms with Gasteiger partial charge in [0.05, 0.1) is 29.4 Å². The van der Waals surface area contributed by atoms with Crippen molar-refractivity contribution in [2.45, 2.75) is 6.92 Å². The monoisotopic (exact) mass is 403 g/mol. The lowest BCUT2D eigenvalue weighted by atomic mass is 10.00. The average Bonchev–Trinajstić information content (AvgIpc) is 3.08. The van der Waals surface area contributed by atoms with Crippen molar-refractivity contribution in [1.29, 1.82) is 10.7 Å². The third-order valence-corrected chi connectivity index (χ3v) is 5.07. The number of amides is 1. The van der Waals surface area contributed by atoms with Crippen LogP contribution in [0.25, 0.3) is 16.7 Å². The molecule has 0 atom stereocenters. The minimum Gasteiger partial charge on any atom is -0.453 e. The van der Waals surface area contributed by atoms with Gasteiger partial charge in [-0.15, -0.1) is 0 Å². The number of hydrogen-bond donors (Lipinski definition) is 2. The number of para-hydroxylation sites is 1. The number of nitriles is 1. The SMILES string of the molecule is Cc1c(C(=O)N2CC(C#N)C2)c[nH]c1/C(=C\C=N)Oc1cnc2c(F)cccc2c1. The molecule has 1 aromatic carbocycles. The Morgan fingerprint density at radius 2 is 2.27 bits per heavy atom. The zero-order chi connectivity index (χ0) is 21.3. The van der Waals surface area contributed by atoms with Gasteiger partial charge in [-0.25, -0.2) is 9.37 Å². The Morgan fingerprint density at radius 3 is 3.00 bits per heavy atom. The molecule has 0 saturated carbocycles. The van der Waals surface area contributed by atoms with Crippen LogP contribution >= 0.6 is 0 Å². The predicted octanol–water partition coefficient (Wildman–Crippen LogP) is 3.68. The number of rotatable bonds is 5. The Labute approximate surface area is 171 Å². The van der Waals surface area contributed by atoms with Gasteiger partial charge in [0.25, 0.3) is 5.91 Å². The second-order valence-corrected chi connectivity index (χ2v) is 7.02. The van der Waals surface area contributed by atoms with Gasteiger partial charge in [-0.2, -0.15) is 5.26 Å². The van der Waals surface area contributed by atoms with E-state index in [9.17, 15) is 9.18 Å². The third-order valence-electron chi connectivity index (χ3n) is 5.07. The van der Waals surface area contributed by atoms with Gasteiger partial charge in [0.2, 0.25) is 0 Å². The van der Waals surface area contributed by atoms with Gasteiger partial charge >= 0.3 is 0 Å². The first-order valence-electron chi connectivity index (χ1n) is 9.32. The molecule has 30 heavy (non-hydrogen) atoms. The molecule has 1 aliphatic rings. The molecule has 0 bridgehead atoms. The number of H-pyrrole nitrogens is 1. The van der Waals surface area contributed by atoms with Crippen molar-refractivity contribution in [1.82, 2.24) is 14.9 Å². The molecule has 3 heterocycles. The summed E-state index contributed by atoms with van der Waals surface area (Å²) in [5, 5.41) is 16.9. The van der Waals surface area contributed by atoms with E-state index in [1.165, 1.54) is 18.3 Å². The number of aromatic amines is 1. The summed E-state index contributed by atoms with van der Waals surface area (Å²) in [7, 11) is 0. The molecule has 4 rings (SSSR count). The summed E-state index contributed by atoms with van der Waals surface area (Å²) in [5.74, 6) is 0.0239. The van der Waals surface area contributed by atoms with E-state index in [4.69, 9.17) is 15.4 Å². The molecule has 7 nitrogen and oxygen atoms in total. The number of ether oxygens (including phenoxy) is 1. The molecule has 1 saturated heterocycles. The molecular formula is C22H18FN5O2. The Hall–Kier alpha value is -3.99. The van der Waals surface area contributed by atoms with E-state index in [1.807, 2.05) is 0 Å². The highest BCUT2D eigenvalue weighted by Gasteiger charge is 2.32. The largest absolute Gasteiger partial charge is 0.453 e. The van der Waals surface area contributed by atoms with Gasteiger partial charge in [0.1, 0.15) is 17.1 Å². The van der Waals surface area contributed by atoms with E-state index in [1.54, 1.807) is 36.2 Å². The summed E-state index contributed by atoms with van der Waals surface area (Å²) in [6.45, 7) is 2.64. The summed E-state index contributed by atoms with van der Waals surface area (Å²) in [5.41, 5.74) is 1.96. The molecule has 1 fully saturated rings. The quantitative estimate of drug-likeness (QED) is 0.501. The number of carbonyl (C=O) groups excluding carboxylic acids is 1. The van der Waals surface area contributed by atoms with Gasteiger partial charge in [-0.3, -0.25) is 4.79 Å². The maximum absolute atomic E-state index is 13.8. The molecule has 0 aliphatic carbocycles. The highest BCUT2D eigenvalue weighted by atomic mass is 19.1. The van der Waals surface area contributed by atoms with Crippen LogP contribution in [0.3, 0.4) is 0 Å². The molecule has 0 spiro atoms. The molecule has 1 amide bonds. The average molecular weight is 403 g/mol. The topological polar surface area (TPSA) is 106 Å². The molecule has 0 radical (unpaired) electrons. The number of pyridine rings is 1. The van der Waals surface area contributed by atoms with Crippen molar-refractivity contribution in [2.75, 3.05) is 13.1 Å². The van der Waals surface area contributed by atoms with Gasteiger partial charge < -0.3 is 20.0 Å². The molecular weight excluding hydrogens is 385 g/mol. The Morgan fingerprint density at radius 1 is 1.47 bits per heavy atom. The number of allylic oxidation sites excluding steroid dienone is 1. The van der Waals surface area contributed by atoms with Crippen LogP contribution in [-0.2, 0) is 0 Å². The van der Waals surface area contributed by atoms with Crippen molar-refractivity contribution in [3.05, 3.63) is 65.4 Å². The fourth-order valence-electron chi connectivity index (χ4n) is 3.40. The van der Waals surface area contributed by atoms with Crippen LogP contribution in [0.2, 0.25) is 0 Å². The summed E-state index contributed by atoms with van der Waals surface area (Å²) in [4.78, 5) is 21.5. The summed E-state index contributed by atoms with van der Waals surface area (Å²) >= 11 is 0. The summed E-state index contributed by atoms with van der Waals surface area (Å²) in [6.07, 6.45) is 5.55. The number of hydrogen-bond acceptors (Lipinski definition) is 5. The second kappa shape index (κ2) is 7.79. The van der Waals surface area contributed by atoms with E-state index >= 15 is 0 Å². The molecule has 2 aromatic heterocycles. The van der Waals surface area contributed by atoms with Crippen LogP contribution in [0.5, 0.6) is 5.75 Å². The third kappa shape index (κ3) is 3.42. The van der Waals surface area contributed by atoms with Crippen molar-refractivity contribution >= 4 is 28.8 Å². The van der Waals surface area contributed by atoms with Crippen LogP contribution in [0.15, 0.2) is 42.7 Å². The van der Waals surface area contributed by atoms with Gasteiger partial charge in [-0.05, 0) is 24.6 Å². The van der Waals surface area contributed by atoms with Crippen LogP contribution in [0, 0.1) is 35.4 Å². The molecule has 150 valence electrons. The number of benzene rings is 1. The molecule has 3 aromatic rings. The molecule has 8 heteroatoms. The maximum atomic E-state index is 13.8. The van der Waals surface area contributed by atoms with Crippen molar-refractivity contribution in [3.8, 4) is 11.8 Å². The first-order valence-corrected chi connectivity index (χ1v) is 9.32. The zero-order valence-corrected chi connectivity index (χ0v) is 16.1. The number of carbonyl (C=O) groups is 1. The zero-order valence-electron chi connectivity index (χ0n) is 16.1. The number of aromatic nitrogens is 2. The van der Waals surface area contributed by atoms with E-state index in [2.05, 4.69) is 16.0 Å². The van der Waals surface area contributed by atoms with Crippen LogP contribution in [-0.4, -0.2) is 40.1 Å². The minimum atomic E-state index is -0.415. The first kappa shape index (κ1) is 19.3. The van der Waals surface area contributed by atoms with Crippen LogP contribution in [0.4, 0.5) is 4.39 Å². The number of fused-ring (bicyclic) bond motifs is 1. The van der Waals surface area contributed by atoms with Crippen LogP contribution in [0.1, 0.15) is 21.6 Å². The first-order chi connectivity index (χ1) is 14.5. The second-order valence-electron chi connectivity index (χ2n) is 7.02. The highest BCUT2D eigenvalue weighted by Crippen LogP contribution is 2.28. The van der Waals surface area contributed by atoms with Crippen molar-refractivity contribution < 1.29 is 13.9 Å². The van der Waals surface area contributed by atoms with E-state index < -0.39 is 5.82 Å². The number of nitrogens with one attached hydrogen (secondary N) is 2. The normalized spacial score (nSPS) is 14.3. The summed E-state index contributed by atoms with van der Waals surface area (Å²) in [6, 6.07) is 8.48.